The number of ketones is 2. The number of hydrogen-bond acceptors (Lipinski definition) is 5. The Morgan fingerprint density at radius 3 is 2.62 bits per heavy atom. The maximum Gasteiger partial charge on any atom is 0.306 e. The molecule has 4 aliphatic rings. The fraction of sp³-hybridized carbons (Fsp3) is 0.581. The van der Waals surface area contributed by atoms with Crippen molar-refractivity contribution in [2.45, 2.75) is 71.1 Å². The van der Waals surface area contributed by atoms with E-state index < -0.39 is 40.4 Å². The molecule has 3 fully saturated rings. The molecule has 0 heterocycles. The highest BCUT2D eigenvalue weighted by Gasteiger charge is 2.71. The molecule has 0 aliphatic heterocycles. The standard InChI is InChI=1S/C31H37FO5/c1-19-15-24-23-11-10-21-16-22(33)13-14-30(21,3)31(23,32)26(35)17-29(24,2)28(19)25(34)18-37-27(36)12-9-20-7-5-4-6-8-20/h4-8,13-14,16,19,23-24,26,28,35H,9-12,15,17-18H2,1-3H3/t19-,23+,24+,26+,28-,29+,30+,31+/m1/s1. The minimum absolute atomic E-state index is 0.00621. The van der Waals surface area contributed by atoms with Gasteiger partial charge in [-0.3, -0.25) is 14.4 Å². The summed E-state index contributed by atoms with van der Waals surface area (Å²) in [6, 6.07) is 9.65. The Kier molecular flexibility index (Phi) is 6.54. The average Bonchev–Trinajstić information content (AvgIpc) is 3.12. The summed E-state index contributed by atoms with van der Waals surface area (Å²) in [6.45, 7) is 5.54. The van der Waals surface area contributed by atoms with Gasteiger partial charge < -0.3 is 9.84 Å². The molecular weight excluding hydrogens is 471 g/mol. The van der Waals surface area contributed by atoms with Crippen molar-refractivity contribution in [3.8, 4) is 0 Å². The first-order valence-electron chi connectivity index (χ1n) is 13.5. The largest absolute Gasteiger partial charge is 0.458 e. The summed E-state index contributed by atoms with van der Waals surface area (Å²) in [4.78, 5) is 37.8. The minimum atomic E-state index is -1.90. The number of carbonyl (C=O) groups is 3. The Balaban J connectivity index is 1.31. The number of esters is 1. The van der Waals surface area contributed by atoms with Crippen LogP contribution in [0, 0.1) is 34.5 Å². The third kappa shape index (κ3) is 4.03. The second-order valence-electron chi connectivity index (χ2n) is 12.2. The first-order valence-corrected chi connectivity index (χ1v) is 13.5. The van der Waals surface area contributed by atoms with Gasteiger partial charge in [0.05, 0.1) is 6.10 Å². The molecule has 5 nitrogen and oxygen atoms in total. The van der Waals surface area contributed by atoms with E-state index in [9.17, 15) is 19.5 Å². The normalized spacial score (nSPS) is 40.3. The molecule has 1 aromatic rings. The van der Waals surface area contributed by atoms with E-state index in [0.717, 1.165) is 11.1 Å². The number of halogens is 1. The first-order chi connectivity index (χ1) is 17.5. The molecule has 1 aromatic carbocycles. The maximum absolute atomic E-state index is 17.2. The molecule has 0 aromatic heterocycles. The Morgan fingerprint density at radius 2 is 1.89 bits per heavy atom. The number of aliphatic hydroxyl groups is 1. The zero-order valence-corrected chi connectivity index (χ0v) is 21.9. The highest BCUT2D eigenvalue weighted by molar-refractivity contribution is 6.01. The Morgan fingerprint density at radius 1 is 1.16 bits per heavy atom. The van der Waals surface area contributed by atoms with E-state index in [-0.39, 0.29) is 42.9 Å². The second kappa shape index (κ2) is 9.30. The van der Waals surface area contributed by atoms with Gasteiger partial charge in [-0.2, -0.15) is 0 Å². The molecule has 0 spiro atoms. The van der Waals surface area contributed by atoms with E-state index in [1.165, 1.54) is 12.2 Å². The van der Waals surface area contributed by atoms with E-state index in [1.807, 2.05) is 44.2 Å². The first kappa shape index (κ1) is 26.0. The summed E-state index contributed by atoms with van der Waals surface area (Å²) in [5.41, 5.74) is -1.74. The number of benzene rings is 1. The molecule has 4 aliphatic carbocycles. The predicted molar refractivity (Wildman–Crippen MR) is 137 cm³/mol. The fourth-order valence-electron chi connectivity index (χ4n) is 8.47. The number of Topliss-reactive ketones (excluding diaryl/α,β-unsaturated/α-hetero) is 1. The van der Waals surface area contributed by atoms with Gasteiger partial charge in [-0.1, -0.05) is 55.8 Å². The van der Waals surface area contributed by atoms with Gasteiger partial charge in [-0.05, 0) is 74.0 Å². The van der Waals surface area contributed by atoms with Gasteiger partial charge in [0, 0.05) is 23.7 Å². The number of rotatable bonds is 6. The Labute approximate surface area is 218 Å². The van der Waals surface area contributed by atoms with Crippen molar-refractivity contribution in [1.29, 1.82) is 0 Å². The van der Waals surface area contributed by atoms with Crippen LogP contribution in [-0.2, 0) is 25.5 Å². The van der Waals surface area contributed by atoms with E-state index >= 15 is 4.39 Å². The van der Waals surface area contributed by atoms with Crippen LogP contribution in [0.1, 0.15) is 58.4 Å². The number of fused-ring (bicyclic) bond motifs is 5. The number of aliphatic hydroxyl groups excluding tert-OH is 1. The molecular formula is C31H37FO5. The molecule has 6 heteroatoms. The summed E-state index contributed by atoms with van der Waals surface area (Å²) in [7, 11) is 0. The van der Waals surface area contributed by atoms with Crippen molar-refractivity contribution in [3.63, 3.8) is 0 Å². The van der Waals surface area contributed by atoms with E-state index in [0.29, 0.717) is 25.7 Å². The fourth-order valence-corrected chi connectivity index (χ4v) is 8.47. The molecule has 0 amide bonds. The Bertz CT molecular complexity index is 1160. The summed E-state index contributed by atoms with van der Waals surface area (Å²) in [6.07, 6.45) is 6.10. The van der Waals surface area contributed by atoms with E-state index in [2.05, 4.69) is 0 Å². The number of carbonyl (C=O) groups excluding carboxylic acids is 3. The van der Waals surface area contributed by atoms with Crippen molar-refractivity contribution < 1.29 is 28.6 Å². The quantitative estimate of drug-likeness (QED) is 0.549. The summed E-state index contributed by atoms with van der Waals surface area (Å²) in [5.74, 6) is -1.61. The van der Waals surface area contributed by atoms with E-state index in [4.69, 9.17) is 4.74 Å². The zero-order chi connectivity index (χ0) is 26.6. The smallest absolute Gasteiger partial charge is 0.306 e. The third-order valence-electron chi connectivity index (χ3n) is 10.2. The summed E-state index contributed by atoms with van der Waals surface area (Å²) in [5, 5.41) is 11.4. The van der Waals surface area contributed by atoms with Crippen LogP contribution in [-0.4, -0.2) is 41.0 Å². The molecule has 8 atom stereocenters. The van der Waals surface area contributed by atoms with Gasteiger partial charge >= 0.3 is 5.97 Å². The van der Waals surface area contributed by atoms with Crippen LogP contribution < -0.4 is 0 Å². The molecule has 198 valence electrons. The minimum Gasteiger partial charge on any atom is -0.458 e. The zero-order valence-electron chi connectivity index (χ0n) is 21.9. The van der Waals surface area contributed by atoms with Gasteiger partial charge in [-0.15, -0.1) is 0 Å². The summed E-state index contributed by atoms with van der Waals surface area (Å²) < 4.78 is 22.6. The number of hydrogen-bond donors (Lipinski definition) is 1. The van der Waals surface area contributed by atoms with Crippen molar-refractivity contribution in [2.75, 3.05) is 6.61 Å². The van der Waals surface area contributed by atoms with Crippen LogP contribution in [0.3, 0.4) is 0 Å². The molecule has 3 saturated carbocycles. The molecule has 0 saturated heterocycles. The van der Waals surface area contributed by atoms with Crippen LogP contribution in [0.25, 0.3) is 0 Å². The third-order valence-corrected chi connectivity index (χ3v) is 10.2. The number of alkyl halides is 1. The molecule has 0 radical (unpaired) electrons. The average molecular weight is 509 g/mol. The van der Waals surface area contributed by atoms with Gasteiger partial charge in [0.2, 0.25) is 0 Å². The van der Waals surface area contributed by atoms with Crippen LogP contribution in [0.15, 0.2) is 54.1 Å². The van der Waals surface area contributed by atoms with Crippen molar-refractivity contribution in [3.05, 3.63) is 59.7 Å². The highest BCUT2D eigenvalue weighted by Crippen LogP contribution is 2.69. The number of aryl methyl sites for hydroxylation is 1. The van der Waals surface area contributed by atoms with Crippen LogP contribution in [0.5, 0.6) is 0 Å². The molecule has 0 bridgehead atoms. The van der Waals surface area contributed by atoms with Gasteiger partial charge in [-0.25, -0.2) is 4.39 Å². The SMILES string of the molecule is C[C@@H]1C[C@H]2[C@@H]3CCC4=CC(=O)C=C[C@]4(C)[C@@]3(F)[C@@H](O)C[C@]2(C)[C@H]1C(=O)COC(=O)CCc1ccccc1. The number of ether oxygens (including phenoxy) is 1. The summed E-state index contributed by atoms with van der Waals surface area (Å²) >= 11 is 0. The Hall–Kier alpha value is -2.60. The second-order valence-corrected chi connectivity index (χ2v) is 12.2. The molecule has 0 unspecified atom stereocenters. The van der Waals surface area contributed by atoms with Crippen molar-refractivity contribution >= 4 is 17.5 Å². The van der Waals surface area contributed by atoms with Crippen molar-refractivity contribution in [2.24, 2.45) is 34.5 Å². The van der Waals surface area contributed by atoms with Crippen LogP contribution >= 0.6 is 0 Å². The van der Waals surface area contributed by atoms with Gasteiger partial charge in [0.15, 0.2) is 17.2 Å². The molecule has 37 heavy (non-hydrogen) atoms. The predicted octanol–water partition coefficient (Wildman–Crippen LogP) is 4.96. The number of allylic oxidation sites excluding steroid dienone is 4. The van der Waals surface area contributed by atoms with Crippen molar-refractivity contribution in [1.82, 2.24) is 0 Å². The highest BCUT2D eigenvalue weighted by atomic mass is 19.1. The van der Waals surface area contributed by atoms with E-state index in [1.54, 1.807) is 13.0 Å². The van der Waals surface area contributed by atoms with Crippen LogP contribution in [0.2, 0.25) is 0 Å². The maximum atomic E-state index is 17.2. The lowest BCUT2D eigenvalue weighted by Gasteiger charge is -2.61. The van der Waals surface area contributed by atoms with Crippen LogP contribution in [0.4, 0.5) is 4.39 Å². The van der Waals surface area contributed by atoms with Gasteiger partial charge in [0.1, 0.15) is 6.61 Å². The van der Waals surface area contributed by atoms with Gasteiger partial charge in [0.25, 0.3) is 0 Å². The lowest BCUT2D eigenvalue weighted by Crippen LogP contribution is -2.66. The topological polar surface area (TPSA) is 80.7 Å². The lowest BCUT2D eigenvalue weighted by molar-refractivity contribution is -0.196. The monoisotopic (exact) mass is 508 g/mol. The molecule has 5 rings (SSSR count). The lowest BCUT2D eigenvalue weighted by atomic mass is 9.45. The molecule has 1 N–H and O–H groups in total.